The van der Waals surface area contributed by atoms with Gasteiger partial charge in [0.05, 0.1) is 0 Å². The lowest BCUT2D eigenvalue weighted by Crippen LogP contribution is -2.54. The number of carboxylic acid groups (broad SMARTS) is 1. The third-order valence-electron chi connectivity index (χ3n) is 2.82. The van der Waals surface area contributed by atoms with E-state index in [0.29, 0.717) is 12.8 Å². The summed E-state index contributed by atoms with van der Waals surface area (Å²) in [6.45, 7) is 8.11. The smallest absolute Gasteiger partial charge is 0.323 e. The molecule has 0 heterocycles. The molecule has 0 aromatic rings. The maximum absolute atomic E-state index is 11.4. The quantitative estimate of drug-likeness (QED) is 0.593. The topological polar surface area (TPSA) is 49.3 Å². The third kappa shape index (κ3) is 6.32. The number of hydrogen-bond donors (Lipinski definition) is 2. The third-order valence-corrected chi connectivity index (χ3v) is 4.09. The summed E-state index contributed by atoms with van der Waals surface area (Å²) in [5.74, 6) is 1.51. The van der Waals surface area contributed by atoms with E-state index in [1.54, 1.807) is 0 Å². The van der Waals surface area contributed by atoms with Gasteiger partial charge in [0, 0.05) is 6.04 Å². The highest BCUT2D eigenvalue weighted by Crippen LogP contribution is 2.20. The maximum Gasteiger partial charge on any atom is 0.323 e. The molecule has 1 unspecified atom stereocenters. The van der Waals surface area contributed by atoms with Crippen LogP contribution in [0.1, 0.15) is 53.4 Å². The van der Waals surface area contributed by atoms with Crippen molar-refractivity contribution in [1.82, 2.24) is 5.32 Å². The normalized spacial score (nSPS) is 14.9. The number of rotatable bonds is 10. The lowest BCUT2D eigenvalue weighted by molar-refractivity contribution is -0.145. The molecule has 0 spiro atoms. The summed E-state index contributed by atoms with van der Waals surface area (Å²) in [6.07, 6.45) is 3.50. The molecule has 0 aromatic heterocycles. The Balaban J connectivity index is 4.23. The molecule has 0 aromatic carbocycles. The lowest BCUT2D eigenvalue weighted by Gasteiger charge is -2.31. The Kier molecular flexibility index (Phi) is 8.70. The molecule has 3 nitrogen and oxygen atoms in total. The van der Waals surface area contributed by atoms with Crippen LogP contribution in [0.15, 0.2) is 0 Å². The molecule has 0 aliphatic rings. The van der Waals surface area contributed by atoms with E-state index in [4.69, 9.17) is 0 Å². The molecule has 0 aliphatic heterocycles. The van der Waals surface area contributed by atoms with Gasteiger partial charge in [0.1, 0.15) is 5.54 Å². The number of nitrogens with one attached hydrogen (secondary N) is 1. The predicted octanol–water partition coefficient (Wildman–Crippen LogP) is 3.14. The molecule has 17 heavy (non-hydrogen) atoms. The summed E-state index contributed by atoms with van der Waals surface area (Å²) in [7, 11) is 0. The van der Waals surface area contributed by atoms with Gasteiger partial charge in [0.2, 0.25) is 0 Å². The summed E-state index contributed by atoms with van der Waals surface area (Å²) in [6, 6.07) is 0.203. The van der Waals surface area contributed by atoms with E-state index >= 15 is 0 Å². The van der Waals surface area contributed by atoms with Crippen molar-refractivity contribution in [3.8, 4) is 0 Å². The van der Waals surface area contributed by atoms with Crippen molar-refractivity contribution in [1.29, 1.82) is 0 Å². The monoisotopic (exact) mass is 261 g/mol. The van der Waals surface area contributed by atoms with Gasteiger partial charge >= 0.3 is 5.97 Å². The molecule has 2 N–H and O–H groups in total. The average molecular weight is 261 g/mol. The van der Waals surface area contributed by atoms with Crippen LogP contribution in [0.3, 0.4) is 0 Å². The van der Waals surface area contributed by atoms with Gasteiger partial charge in [-0.2, -0.15) is 11.8 Å². The second-order valence-electron chi connectivity index (χ2n) is 4.76. The predicted molar refractivity (Wildman–Crippen MR) is 75.8 cm³/mol. The molecule has 1 atom stereocenters. The standard InChI is InChI=1S/C13H27NO2S/c1-5-9-17-10-7-8-13(6-2,12(15)16)14-11(3)4/h11,14H,5-10H2,1-4H3,(H,15,16). The van der Waals surface area contributed by atoms with Gasteiger partial charge in [-0.05, 0) is 51.0 Å². The molecule has 0 fully saturated rings. The van der Waals surface area contributed by atoms with Crippen molar-refractivity contribution in [2.75, 3.05) is 11.5 Å². The van der Waals surface area contributed by atoms with Crippen molar-refractivity contribution < 1.29 is 9.90 Å². The first-order valence-electron chi connectivity index (χ1n) is 6.57. The highest BCUT2D eigenvalue weighted by Gasteiger charge is 2.36. The summed E-state index contributed by atoms with van der Waals surface area (Å²) in [5, 5.41) is 12.6. The Morgan fingerprint density at radius 1 is 1.35 bits per heavy atom. The Labute approximate surface area is 110 Å². The van der Waals surface area contributed by atoms with Gasteiger partial charge in [-0.3, -0.25) is 10.1 Å². The highest BCUT2D eigenvalue weighted by atomic mass is 32.2. The van der Waals surface area contributed by atoms with Crippen LogP contribution < -0.4 is 5.32 Å². The van der Waals surface area contributed by atoms with Crippen LogP contribution >= 0.6 is 11.8 Å². The van der Waals surface area contributed by atoms with Crippen LogP contribution in [0, 0.1) is 0 Å². The molecular weight excluding hydrogens is 234 g/mol. The van der Waals surface area contributed by atoms with Gasteiger partial charge in [0.25, 0.3) is 0 Å². The van der Waals surface area contributed by atoms with Crippen LogP contribution in [0.4, 0.5) is 0 Å². The van der Waals surface area contributed by atoms with E-state index in [-0.39, 0.29) is 6.04 Å². The first-order valence-corrected chi connectivity index (χ1v) is 7.72. The second kappa shape index (κ2) is 8.81. The molecule has 0 amide bonds. The van der Waals surface area contributed by atoms with Crippen LogP contribution in [-0.4, -0.2) is 34.2 Å². The molecule has 0 saturated carbocycles. The molecule has 0 radical (unpaired) electrons. The van der Waals surface area contributed by atoms with E-state index in [9.17, 15) is 9.90 Å². The van der Waals surface area contributed by atoms with Crippen LogP contribution in [-0.2, 0) is 4.79 Å². The Hall–Kier alpha value is -0.220. The van der Waals surface area contributed by atoms with Crippen molar-refractivity contribution >= 4 is 17.7 Å². The number of hydrogen-bond acceptors (Lipinski definition) is 3. The lowest BCUT2D eigenvalue weighted by atomic mass is 9.90. The SMILES string of the molecule is CCCSCCCC(CC)(NC(C)C)C(=O)O. The first-order chi connectivity index (χ1) is 7.98. The van der Waals surface area contributed by atoms with E-state index < -0.39 is 11.5 Å². The first kappa shape index (κ1) is 16.8. The zero-order chi connectivity index (χ0) is 13.3. The summed E-state index contributed by atoms with van der Waals surface area (Å²) in [5.41, 5.74) is -0.735. The molecule has 0 aliphatic carbocycles. The van der Waals surface area contributed by atoms with Gasteiger partial charge in [-0.15, -0.1) is 0 Å². The van der Waals surface area contributed by atoms with Crippen molar-refractivity contribution in [3.63, 3.8) is 0 Å². The van der Waals surface area contributed by atoms with Gasteiger partial charge < -0.3 is 5.11 Å². The zero-order valence-electron chi connectivity index (χ0n) is 11.6. The van der Waals surface area contributed by atoms with E-state index in [1.807, 2.05) is 32.5 Å². The summed E-state index contributed by atoms with van der Waals surface area (Å²) < 4.78 is 0. The van der Waals surface area contributed by atoms with Crippen molar-refractivity contribution in [2.24, 2.45) is 0 Å². The minimum atomic E-state index is -0.735. The van der Waals surface area contributed by atoms with E-state index in [0.717, 1.165) is 12.2 Å². The van der Waals surface area contributed by atoms with Gasteiger partial charge in [-0.25, -0.2) is 0 Å². The Bertz CT molecular complexity index is 221. The maximum atomic E-state index is 11.4. The number of carbonyl (C=O) groups is 1. The van der Waals surface area contributed by atoms with E-state index in [2.05, 4.69) is 12.2 Å². The fourth-order valence-electron chi connectivity index (χ4n) is 1.95. The average Bonchev–Trinajstić information content (AvgIpc) is 2.26. The van der Waals surface area contributed by atoms with Crippen LogP contribution in [0.25, 0.3) is 0 Å². The summed E-state index contributed by atoms with van der Waals surface area (Å²) >= 11 is 1.91. The second-order valence-corrected chi connectivity index (χ2v) is 5.98. The zero-order valence-corrected chi connectivity index (χ0v) is 12.4. The number of carboxylic acids is 1. The molecule has 102 valence electrons. The van der Waals surface area contributed by atoms with Gasteiger partial charge in [-0.1, -0.05) is 13.8 Å². The fraction of sp³-hybridized carbons (Fsp3) is 0.923. The minimum Gasteiger partial charge on any atom is -0.480 e. The minimum absolute atomic E-state index is 0.203. The van der Waals surface area contributed by atoms with Crippen molar-refractivity contribution in [2.45, 2.75) is 65.0 Å². The number of thioether (sulfide) groups is 1. The van der Waals surface area contributed by atoms with Gasteiger partial charge in [0.15, 0.2) is 0 Å². The van der Waals surface area contributed by atoms with Crippen LogP contribution in [0.5, 0.6) is 0 Å². The highest BCUT2D eigenvalue weighted by molar-refractivity contribution is 7.99. The molecular formula is C13H27NO2S. The molecule has 0 bridgehead atoms. The molecule has 4 heteroatoms. The fourth-order valence-corrected chi connectivity index (χ4v) is 2.79. The number of aliphatic carboxylic acids is 1. The largest absolute Gasteiger partial charge is 0.480 e. The summed E-state index contributed by atoms with van der Waals surface area (Å²) in [4.78, 5) is 11.4. The van der Waals surface area contributed by atoms with Crippen LogP contribution in [0.2, 0.25) is 0 Å². The molecule has 0 rings (SSSR count). The van der Waals surface area contributed by atoms with E-state index in [1.165, 1.54) is 12.2 Å². The van der Waals surface area contributed by atoms with Crippen molar-refractivity contribution in [3.05, 3.63) is 0 Å². The molecule has 0 saturated heterocycles. The Morgan fingerprint density at radius 2 is 2.00 bits per heavy atom. The Morgan fingerprint density at radius 3 is 2.41 bits per heavy atom.